The maximum atomic E-state index is 13.2. The number of unbranched alkanes of at least 4 members (excludes halogenated alkanes) is 29. The Kier molecular flexibility index (Phi) is 51.5. The molecule has 0 radical (unpaired) electrons. The fourth-order valence-electron chi connectivity index (χ4n) is 8.54. The Morgan fingerprint density at radius 1 is 0.455 bits per heavy atom. The Bertz CT molecular complexity index is 1170. The predicted octanol–water partition coefficient (Wildman–Crippen LogP) is 17.6. The van der Waals surface area contributed by atoms with Crippen molar-refractivity contribution in [3.05, 3.63) is 60.8 Å². The van der Waals surface area contributed by atoms with E-state index in [1.807, 2.05) is 0 Å². The predicted molar refractivity (Wildman–Crippen MR) is 287 cm³/mol. The summed E-state index contributed by atoms with van der Waals surface area (Å²) in [7, 11) is 0. The van der Waals surface area contributed by atoms with Crippen molar-refractivity contribution in [2.24, 2.45) is 0 Å². The molecule has 6 nitrogen and oxygen atoms in total. The Hall–Kier alpha value is -2.44. The summed E-state index contributed by atoms with van der Waals surface area (Å²) in [4.78, 5) is 26.2. The molecule has 0 rings (SSSR count). The van der Waals surface area contributed by atoms with Crippen LogP contribution in [0.2, 0.25) is 0 Å². The van der Waals surface area contributed by atoms with Crippen LogP contribution in [0, 0.1) is 0 Å². The molecule has 0 saturated heterocycles. The molecule has 66 heavy (non-hydrogen) atoms. The molecule has 384 valence electrons. The molecule has 0 aromatic heterocycles. The summed E-state index contributed by atoms with van der Waals surface area (Å²) in [5.41, 5.74) is 0. The summed E-state index contributed by atoms with van der Waals surface area (Å²) < 4.78 is 5.93. The molecule has 0 heterocycles. The number of esters is 1. The van der Waals surface area contributed by atoms with Gasteiger partial charge in [-0.1, -0.05) is 248 Å². The van der Waals surface area contributed by atoms with Crippen molar-refractivity contribution >= 4 is 11.9 Å². The average molecular weight is 925 g/mol. The zero-order chi connectivity index (χ0) is 48.1. The molecule has 0 aromatic rings. The summed E-state index contributed by atoms with van der Waals surface area (Å²) >= 11 is 0. The Balaban J connectivity index is 4.59. The summed E-state index contributed by atoms with van der Waals surface area (Å²) in [6, 6.07) is -0.721. The molecular formula is C60H109NO5. The highest BCUT2D eigenvalue weighted by Crippen LogP contribution is 2.18. The minimum absolute atomic E-state index is 0.0381. The third-order valence-corrected chi connectivity index (χ3v) is 12.8. The van der Waals surface area contributed by atoms with Crippen LogP contribution in [0.3, 0.4) is 0 Å². The summed E-state index contributed by atoms with van der Waals surface area (Å²) in [6.45, 7) is 6.37. The normalized spacial score (nSPS) is 13.6. The lowest BCUT2D eigenvalue weighted by molar-refractivity contribution is -0.151. The van der Waals surface area contributed by atoms with Crippen LogP contribution in [0.5, 0.6) is 0 Å². The first-order chi connectivity index (χ1) is 32.5. The summed E-state index contributed by atoms with van der Waals surface area (Å²) in [5, 5.41) is 23.9. The Morgan fingerprint density at radius 3 is 1.29 bits per heavy atom. The minimum Gasteiger partial charge on any atom is -0.462 e. The van der Waals surface area contributed by atoms with Crippen LogP contribution in [-0.4, -0.2) is 46.9 Å². The van der Waals surface area contributed by atoms with Crippen LogP contribution in [0.25, 0.3) is 0 Å². The number of rotatable bonds is 51. The molecule has 0 saturated carbocycles. The van der Waals surface area contributed by atoms with Gasteiger partial charge in [0.25, 0.3) is 0 Å². The standard InChI is InChI=1S/C60H109NO5/c1-4-7-10-13-16-19-22-25-28-30-32-35-38-41-44-47-50-53-60(65)66-56(51-48-45-42-39-36-33-27-24-21-18-15-12-9-6-3)54-59(64)61-57(55-62)58(63)52-49-46-43-40-37-34-31-29-26-23-20-17-14-11-8-5-2/h9,12,18,21,25,27-28,33,39,42,56-58,62-63H,4-8,10-11,13-17,19-20,22-24,26,29-32,34-38,40-41,43-55H2,1-3H3,(H,61,64)/b12-9+,21-18+,28-25+,33-27+,42-39+. The van der Waals surface area contributed by atoms with Crippen molar-refractivity contribution in [3.8, 4) is 0 Å². The van der Waals surface area contributed by atoms with Gasteiger partial charge in [0.05, 0.1) is 25.2 Å². The van der Waals surface area contributed by atoms with Crippen LogP contribution in [0.4, 0.5) is 0 Å². The van der Waals surface area contributed by atoms with Crippen molar-refractivity contribution in [1.29, 1.82) is 0 Å². The third kappa shape index (κ3) is 48.0. The smallest absolute Gasteiger partial charge is 0.306 e. The lowest BCUT2D eigenvalue weighted by atomic mass is 10.0. The molecule has 1 amide bonds. The van der Waals surface area contributed by atoms with E-state index < -0.39 is 18.2 Å². The van der Waals surface area contributed by atoms with Gasteiger partial charge in [0.15, 0.2) is 0 Å². The van der Waals surface area contributed by atoms with Gasteiger partial charge in [-0.2, -0.15) is 0 Å². The van der Waals surface area contributed by atoms with Crippen LogP contribution in [0.1, 0.15) is 284 Å². The van der Waals surface area contributed by atoms with Crippen LogP contribution >= 0.6 is 0 Å². The highest BCUT2D eigenvalue weighted by Gasteiger charge is 2.24. The maximum absolute atomic E-state index is 13.2. The van der Waals surface area contributed by atoms with Gasteiger partial charge >= 0.3 is 5.97 Å². The minimum atomic E-state index is -0.804. The molecule has 6 heteroatoms. The lowest BCUT2D eigenvalue weighted by Gasteiger charge is -2.24. The zero-order valence-corrected chi connectivity index (χ0v) is 43.8. The molecule has 0 aliphatic rings. The van der Waals surface area contributed by atoms with E-state index in [-0.39, 0.29) is 24.9 Å². The van der Waals surface area contributed by atoms with E-state index in [1.165, 1.54) is 161 Å². The number of allylic oxidation sites excluding steroid dienone is 10. The molecule has 3 N–H and O–H groups in total. The van der Waals surface area contributed by atoms with Gasteiger partial charge in [0, 0.05) is 6.42 Å². The molecule has 0 aromatic carbocycles. The summed E-state index contributed by atoms with van der Waals surface area (Å²) in [6.07, 6.45) is 67.2. The number of carbonyl (C=O) groups excluding carboxylic acids is 2. The maximum Gasteiger partial charge on any atom is 0.306 e. The Labute approximate surface area is 409 Å². The SMILES string of the molecule is CC/C=C/C/C=C/C/C=C/C/C=C/CCCC(CC(=O)NC(CO)C(O)CCCCCCCCCCCCCCCCCC)OC(=O)CCCCCCCCC/C=C/CCCCCCCC. The fraction of sp³-hybridized carbons (Fsp3) is 0.800. The van der Waals surface area contributed by atoms with Gasteiger partial charge in [0.2, 0.25) is 5.91 Å². The number of nitrogens with one attached hydrogen (secondary N) is 1. The fourth-order valence-corrected chi connectivity index (χ4v) is 8.54. The molecule has 0 bridgehead atoms. The van der Waals surface area contributed by atoms with Crippen LogP contribution in [-0.2, 0) is 14.3 Å². The van der Waals surface area contributed by atoms with Gasteiger partial charge < -0.3 is 20.3 Å². The van der Waals surface area contributed by atoms with E-state index in [1.54, 1.807) is 0 Å². The largest absolute Gasteiger partial charge is 0.462 e. The van der Waals surface area contributed by atoms with E-state index in [0.29, 0.717) is 19.3 Å². The van der Waals surface area contributed by atoms with E-state index in [2.05, 4.69) is 86.8 Å². The molecule has 0 aliphatic heterocycles. The second-order valence-electron chi connectivity index (χ2n) is 19.3. The van der Waals surface area contributed by atoms with Crippen LogP contribution < -0.4 is 5.32 Å². The second kappa shape index (κ2) is 53.5. The van der Waals surface area contributed by atoms with E-state index in [9.17, 15) is 19.8 Å². The number of hydrogen-bond donors (Lipinski definition) is 3. The number of aliphatic hydroxyl groups excluding tert-OH is 2. The lowest BCUT2D eigenvalue weighted by Crippen LogP contribution is -2.46. The molecular weight excluding hydrogens is 815 g/mol. The van der Waals surface area contributed by atoms with E-state index in [0.717, 1.165) is 77.0 Å². The van der Waals surface area contributed by atoms with Crippen molar-refractivity contribution in [2.75, 3.05) is 6.61 Å². The van der Waals surface area contributed by atoms with E-state index >= 15 is 0 Å². The van der Waals surface area contributed by atoms with Gasteiger partial charge in [0.1, 0.15) is 6.10 Å². The van der Waals surface area contributed by atoms with Gasteiger partial charge in [-0.15, -0.1) is 0 Å². The monoisotopic (exact) mass is 924 g/mol. The van der Waals surface area contributed by atoms with Crippen LogP contribution in [0.15, 0.2) is 60.8 Å². The number of aliphatic hydroxyl groups is 2. The first kappa shape index (κ1) is 63.6. The highest BCUT2D eigenvalue weighted by molar-refractivity contribution is 5.77. The van der Waals surface area contributed by atoms with Crippen molar-refractivity contribution < 1.29 is 24.5 Å². The van der Waals surface area contributed by atoms with Crippen molar-refractivity contribution in [2.45, 2.75) is 302 Å². The topological polar surface area (TPSA) is 95.9 Å². The first-order valence-corrected chi connectivity index (χ1v) is 28.5. The van der Waals surface area contributed by atoms with Gasteiger partial charge in [-0.05, 0) is 83.5 Å². The number of carbonyl (C=O) groups is 2. The molecule has 0 aliphatic carbocycles. The third-order valence-electron chi connectivity index (χ3n) is 12.8. The molecule has 0 fully saturated rings. The molecule has 3 unspecified atom stereocenters. The Morgan fingerprint density at radius 2 is 0.833 bits per heavy atom. The quantitative estimate of drug-likeness (QED) is 0.0321. The van der Waals surface area contributed by atoms with Gasteiger partial charge in [-0.3, -0.25) is 9.59 Å². The molecule has 3 atom stereocenters. The molecule has 0 spiro atoms. The van der Waals surface area contributed by atoms with E-state index in [4.69, 9.17) is 4.74 Å². The number of amides is 1. The van der Waals surface area contributed by atoms with Gasteiger partial charge in [-0.25, -0.2) is 0 Å². The van der Waals surface area contributed by atoms with Crippen molar-refractivity contribution in [3.63, 3.8) is 0 Å². The first-order valence-electron chi connectivity index (χ1n) is 28.5. The second-order valence-corrected chi connectivity index (χ2v) is 19.3. The number of hydrogen-bond acceptors (Lipinski definition) is 5. The summed E-state index contributed by atoms with van der Waals surface area (Å²) in [5.74, 6) is -0.527. The zero-order valence-electron chi connectivity index (χ0n) is 43.8. The average Bonchev–Trinajstić information content (AvgIpc) is 3.31. The number of ether oxygens (including phenoxy) is 1. The van der Waals surface area contributed by atoms with Crippen molar-refractivity contribution in [1.82, 2.24) is 5.32 Å². The highest BCUT2D eigenvalue weighted by atomic mass is 16.5.